The van der Waals surface area contributed by atoms with E-state index in [4.69, 9.17) is 42.6 Å². The van der Waals surface area contributed by atoms with Crippen molar-refractivity contribution in [2.75, 3.05) is 34.9 Å². The van der Waals surface area contributed by atoms with Crippen LogP contribution < -0.4 is 0 Å². The Morgan fingerprint density at radius 1 is 0.750 bits per heavy atom. The van der Waals surface area contributed by atoms with Crippen LogP contribution in [0.3, 0.4) is 0 Å². The molecule has 0 spiro atoms. The Balaban J connectivity index is 1.79. The number of ketones is 1. The number of esters is 1. The number of allylic oxidation sites excluding steroid dienone is 3. The minimum atomic E-state index is -1.76. The number of hydrogen-bond acceptors (Lipinski definition) is 19. The number of ether oxygens (including phenoxy) is 9. The highest BCUT2D eigenvalue weighted by molar-refractivity contribution is 5.91. The number of nitrogens with zero attached hydrogens (tertiary/aromatic N) is 1. The summed E-state index contributed by atoms with van der Waals surface area (Å²) in [5.41, 5.74) is 0.649. The lowest BCUT2D eigenvalue weighted by Gasteiger charge is -2.47. The maximum atomic E-state index is 14.3. The van der Waals surface area contributed by atoms with Crippen LogP contribution in [0.5, 0.6) is 0 Å². The summed E-state index contributed by atoms with van der Waals surface area (Å²) in [6.45, 7) is 11.7. The highest BCUT2D eigenvalue weighted by atomic mass is 16.7. The van der Waals surface area contributed by atoms with Crippen molar-refractivity contribution < 1.29 is 87.7 Å². The standard InChI is InChI=1S/C45H75NO18/c1-12-30-28(20-58-45-42(57-11)41(56-10)36(52)26(7)61-45)17-21(2)13-14-29(48)22(3)18-27(15-16-47)40(64-43-37(53)33(46(8)9)34(50)24(5)59-43)23(4)31(19-32(49)62-30)63-44-39(55)38(54)35(51)25(6)60-44/h13-14,16-17,22-28,30-31,33-45,50-55H,12,15,18-20H2,1-11H3/b14-13+,21-17+/t22-,23+,24-,25+,26-,27?,28-,30-,31-,33+,34-,35+,36-,37-,38-,39-,40-,41-,42-,43+,44+,45-/m1/s1. The summed E-state index contributed by atoms with van der Waals surface area (Å²) in [6, 6.07) is -0.826. The molecule has 0 aliphatic carbocycles. The van der Waals surface area contributed by atoms with Crippen molar-refractivity contribution in [1.82, 2.24) is 4.90 Å². The average Bonchev–Trinajstić information content (AvgIpc) is 3.25. The first-order chi connectivity index (χ1) is 30.2. The van der Waals surface area contributed by atoms with Gasteiger partial charge in [-0.3, -0.25) is 9.59 Å². The number of likely N-dealkylation sites (N-methyl/N-ethyl adjacent to an activating group) is 1. The summed E-state index contributed by atoms with van der Waals surface area (Å²) in [6.07, 6.45) is -14.1. The van der Waals surface area contributed by atoms with Crippen LogP contribution in [-0.2, 0) is 57.0 Å². The average molecular weight is 918 g/mol. The molecule has 0 radical (unpaired) electrons. The zero-order valence-electron chi connectivity index (χ0n) is 39.1. The van der Waals surface area contributed by atoms with Gasteiger partial charge in [-0.05, 0) is 66.6 Å². The van der Waals surface area contributed by atoms with Gasteiger partial charge >= 0.3 is 5.97 Å². The normalized spacial score (nSPS) is 45.9. The first kappa shape index (κ1) is 54.3. The molecule has 1 unspecified atom stereocenters. The van der Waals surface area contributed by atoms with Crippen molar-refractivity contribution in [3.05, 3.63) is 23.8 Å². The summed E-state index contributed by atoms with van der Waals surface area (Å²) in [5, 5.41) is 65.6. The second kappa shape index (κ2) is 24.6. The first-order valence-electron chi connectivity index (χ1n) is 22.4. The number of carbonyl (C=O) groups excluding carboxylic acids is 3. The Hall–Kier alpha value is -2.31. The zero-order valence-corrected chi connectivity index (χ0v) is 39.1. The van der Waals surface area contributed by atoms with Gasteiger partial charge in [0, 0.05) is 38.4 Å². The fourth-order valence-corrected chi connectivity index (χ4v) is 9.22. The Kier molecular flexibility index (Phi) is 20.9. The summed E-state index contributed by atoms with van der Waals surface area (Å²) in [5.74, 6) is -3.95. The van der Waals surface area contributed by atoms with Crippen molar-refractivity contribution >= 4 is 18.0 Å². The van der Waals surface area contributed by atoms with Crippen LogP contribution in [0.2, 0.25) is 0 Å². The molecule has 4 rings (SSSR count). The molecule has 64 heavy (non-hydrogen) atoms. The topological polar surface area (TPSA) is 259 Å². The van der Waals surface area contributed by atoms with Gasteiger partial charge in [0.05, 0.1) is 55.7 Å². The lowest BCUT2D eigenvalue weighted by molar-refractivity contribution is -0.322. The van der Waals surface area contributed by atoms with Gasteiger partial charge in [0.15, 0.2) is 24.7 Å². The molecule has 0 amide bonds. The number of aldehydes is 1. The second-order valence-electron chi connectivity index (χ2n) is 18.1. The second-order valence-corrected chi connectivity index (χ2v) is 18.1. The number of cyclic esters (lactones) is 1. The van der Waals surface area contributed by atoms with E-state index in [9.17, 15) is 45.0 Å². The third kappa shape index (κ3) is 13.2. The van der Waals surface area contributed by atoms with Gasteiger partial charge in [0.1, 0.15) is 55.1 Å². The van der Waals surface area contributed by atoms with Gasteiger partial charge in [-0.1, -0.05) is 38.5 Å². The van der Waals surface area contributed by atoms with Crippen LogP contribution in [0.15, 0.2) is 23.8 Å². The number of aliphatic hydroxyl groups is 6. The molecule has 0 aromatic heterocycles. The fourth-order valence-electron chi connectivity index (χ4n) is 9.22. The number of carbonyl (C=O) groups is 3. The van der Waals surface area contributed by atoms with E-state index in [1.165, 1.54) is 27.2 Å². The molecule has 3 fully saturated rings. The molecule has 4 aliphatic rings. The lowest BCUT2D eigenvalue weighted by atomic mass is 9.79. The van der Waals surface area contributed by atoms with E-state index in [-0.39, 0.29) is 25.2 Å². The first-order valence-corrected chi connectivity index (χ1v) is 22.4. The van der Waals surface area contributed by atoms with E-state index in [1.807, 2.05) is 13.0 Å². The van der Waals surface area contributed by atoms with Crippen molar-refractivity contribution in [2.45, 2.75) is 185 Å². The van der Waals surface area contributed by atoms with Gasteiger partial charge in [-0.15, -0.1) is 0 Å². The van der Waals surface area contributed by atoms with E-state index in [0.29, 0.717) is 18.3 Å². The molecular weight excluding hydrogens is 842 g/mol. The van der Waals surface area contributed by atoms with Crippen molar-refractivity contribution in [2.24, 2.45) is 23.7 Å². The molecule has 3 saturated heterocycles. The Bertz CT molecular complexity index is 1550. The molecule has 4 aliphatic heterocycles. The molecule has 19 heteroatoms. The van der Waals surface area contributed by atoms with Gasteiger partial charge in [-0.2, -0.15) is 0 Å². The van der Waals surface area contributed by atoms with Gasteiger partial charge in [0.2, 0.25) is 0 Å². The highest BCUT2D eigenvalue weighted by Crippen LogP contribution is 2.37. The maximum absolute atomic E-state index is 14.3. The van der Waals surface area contributed by atoms with E-state index >= 15 is 0 Å². The smallest absolute Gasteiger partial charge is 0.308 e. The molecule has 368 valence electrons. The minimum absolute atomic E-state index is 0.0598. The van der Waals surface area contributed by atoms with Crippen LogP contribution in [0.25, 0.3) is 0 Å². The van der Waals surface area contributed by atoms with E-state index in [2.05, 4.69) is 0 Å². The molecule has 6 N–H and O–H groups in total. The molecule has 0 aromatic rings. The molecule has 0 aromatic carbocycles. The molecule has 4 heterocycles. The molecule has 22 atom stereocenters. The van der Waals surface area contributed by atoms with Crippen LogP contribution in [0.4, 0.5) is 0 Å². The Morgan fingerprint density at radius 3 is 1.94 bits per heavy atom. The van der Waals surface area contributed by atoms with Crippen LogP contribution in [-0.4, -0.2) is 199 Å². The van der Waals surface area contributed by atoms with Gasteiger partial charge in [0.25, 0.3) is 0 Å². The van der Waals surface area contributed by atoms with Gasteiger partial charge in [-0.25, -0.2) is 0 Å². The lowest BCUT2D eigenvalue weighted by Crippen LogP contribution is -2.63. The molecule has 19 nitrogen and oxygen atoms in total. The maximum Gasteiger partial charge on any atom is 0.308 e. The van der Waals surface area contributed by atoms with E-state index in [0.717, 1.165) is 0 Å². The number of methoxy groups -OCH3 is 2. The zero-order chi connectivity index (χ0) is 47.7. The third-order valence-electron chi connectivity index (χ3n) is 13.2. The summed E-state index contributed by atoms with van der Waals surface area (Å²) in [4.78, 5) is 42.2. The van der Waals surface area contributed by atoms with Crippen LogP contribution in [0.1, 0.15) is 74.1 Å². The predicted octanol–water partition coefficient (Wildman–Crippen LogP) is 0.414. The van der Waals surface area contributed by atoms with Crippen molar-refractivity contribution in [3.8, 4) is 0 Å². The summed E-state index contributed by atoms with van der Waals surface area (Å²) < 4.78 is 54.7. The molecule has 0 saturated carbocycles. The summed E-state index contributed by atoms with van der Waals surface area (Å²) in [7, 11) is 6.27. The Labute approximate surface area is 376 Å². The molecule has 0 bridgehead atoms. The van der Waals surface area contributed by atoms with Crippen LogP contribution >= 0.6 is 0 Å². The fraction of sp³-hybridized carbons (Fsp3) is 0.844. The number of aliphatic hydroxyl groups excluding tert-OH is 6. The predicted molar refractivity (Wildman–Crippen MR) is 227 cm³/mol. The minimum Gasteiger partial charge on any atom is -0.462 e. The van der Waals surface area contributed by atoms with E-state index in [1.54, 1.807) is 59.7 Å². The highest BCUT2D eigenvalue weighted by Gasteiger charge is 2.50. The van der Waals surface area contributed by atoms with Crippen molar-refractivity contribution in [1.29, 1.82) is 0 Å². The van der Waals surface area contributed by atoms with Crippen molar-refractivity contribution in [3.63, 3.8) is 0 Å². The quantitative estimate of drug-likeness (QED) is 0.108. The number of hydrogen-bond donors (Lipinski definition) is 6. The molecular formula is C45H75NO18. The van der Waals surface area contributed by atoms with E-state index < -0.39 is 146 Å². The Morgan fingerprint density at radius 2 is 1.34 bits per heavy atom. The SMILES string of the molecule is CC[C@H]1OC(=O)C[C@@H](O[C@@H]2O[C@@H](C)[C@H](O)[C@@H](O)[C@H]2O)[C@H](C)[C@@H](O[C@@H]2O[C@H](C)[C@@H](O)[C@H](N(C)C)[C@H]2O)C(CC=O)C[C@@H](C)C(=O)/C=C/C(C)=C/[C@@H]1CO[C@@H]1O[C@H](C)[C@@H](O)[C@@H](OC)[C@H]1OC. The number of rotatable bonds is 13. The third-order valence-corrected chi connectivity index (χ3v) is 13.2. The largest absolute Gasteiger partial charge is 0.462 e. The monoisotopic (exact) mass is 917 g/mol. The summed E-state index contributed by atoms with van der Waals surface area (Å²) >= 11 is 0. The van der Waals surface area contributed by atoms with Crippen LogP contribution in [0, 0.1) is 23.7 Å². The van der Waals surface area contributed by atoms with Gasteiger partial charge < -0.3 is 83.0 Å².